The van der Waals surface area contributed by atoms with Crippen molar-refractivity contribution >= 4 is 28.5 Å². The van der Waals surface area contributed by atoms with Gasteiger partial charge in [0.15, 0.2) is 0 Å². The second-order valence-corrected chi connectivity index (χ2v) is 9.71. The Balaban J connectivity index is 1.84. The highest BCUT2D eigenvalue weighted by Gasteiger charge is 2.36. The van der Waals surface area contributed by atoms with Crippen LogP contribution in [-0.4, -0.2) is 37.3 Å². The summed E-state index contributed by atoms with van der Waals surface area (Å²) in [6.45, 7) is 9.82. The number of hydrogen-bond donors (Lipinski definition) is 1. The van der Waals surface area contributed by atoms with Gasteiger partial charge in [0.05, 0.1) is 5.52 Å². The van der Waals surface area contributed by atoms with E-state index in [0.29, 0.717) is 16.8 Å². The summed E-state index contributed by atoms with van der Waals surface area (Å²) in [4.78, 5) is 33.8. The molecule has 186 valence electrons. The van der Waals surface area contributed by atoms with Crippen LogP contribution in [-0.2, 0) is 16.1 Å². The van der Waals surface area contributed by atoms with Gasteiger partial charge in [-0.1, -0.05) is 48.0 Å². The number of nitrogens with zero attached hydrogens (tertiary/aromatic N) is 5. The van der Waals surface area contributed by atoms with Crippen LogP contribution in [0.4, 0.5) is 5.69 Å². The Morgan fingerprint density at radius 1 is 1.08 bits per heavy atom. The molecule has 2 aromatic carbocycles. The predicted octanol–water partition coefficient (Wildman–Crippen LogP) is 4.52. The number of carbonyl (C=O) groups excluding carboxylic acids is 2. The molecule has 0 radical (unpaired) electrons. The highest BCUT2D eigenvalue weighted by molar-refractivity contribution is 6.02. The number of aromatic nitrogens is 4. The van der Waals surface area contributed by atoms with Crippen LogP contribution in [0.25, 0.3) is 11.0 Å². The maximum Gasteiger partial charge on any atom is 0.249 e. The molecule has 0 unspecified atom stereocenters. The van der Waals surface area contributed by atoms with Crippen molar-refractivity contribution in [3.8, 4) is 0 Å². The lowest BCUT2D eigenvalue weighted by Gasteiger charge is -2.35. The van der Waals surface area contributed by atoms with Crippen LogP contribution >= 0.6 is 0 Å². The van der Waals surface area contributed by atoms with Gasteiger partial charge < -0.3 is 5.32 Å². The summed E-state index contributed by atoms with van der Waals surface area (Å²) >= 11 is 0. The number of fused-ring (bicyclic) bond motifs is 1. The first kappa shape index (κ1) is 25.0. The van der Waals surface area contributed by atoms with E-state index in [1.807, 2.05) is 83.1 Å². The number of amides is 2. The van der Waals surface area contributed by atoms with E-state index in [-0.39, 0.29) is 18.4 Å². The molecule has 0 spiro atoms. The Hall–Kier alpha value is -4.07. The lowest BCUT2D eigenvalue weighted by molar-refractivity contribution is -0.128. The molecule has 36 heavy (non-hydrogen) atoms. The number of nitrogens with one attached hydrogen (secondary N) is 1. The smallest absolute Gasteiger partial charge is 0.249 e. The zero-order chi connectivity index (χ0) is 25.9. The van der Waals surface area contributed by atoms with E-state index in [2.05, 4.69) is 20.6 Å². The van der Waals surface area contributed by atoms with Gasteiger partial charge in [-0.2, -0.15) is 0 Å². The average molecular weight is 485 g/mol. The fraction of sp³-hybridized carbons (Fsp3) is 0.321. The Kier molecular flexibility index (Phi) is 7.15. The van der Waals surface area contributed by atoms with E-state index in [9.17, 15) is 9.59 Å². The number of pyridine rings is 1. The minimum absolute atomic E-state index is 0.0744. The maximum atomic E-state index is 14.1. The second-order valence-electron chi connectivity index (χ2n) is 9.71. The van der Waals surface area contributed by atoms with Gasteiger partial charge in [-0.05, 0) is 63.9 Å². The number of para-hydroxylation sites is 1. The Labute approximate surface area is 211 Å². The summed E-state index contributed by atoms with van der Waals surface area (Å²) in [5.41, 5.74) is 4.25. The number of hydrogen-bond acceptors (Lipinski definition) is 5. The largest absolute Gasteiger partial charge is 0.349 e. The van der Waals surface area contributed by atoms with Crippen molar-refractivity contribution in [1.82, 2.24) is 25.3 Å². The SMILES string of the molecule is CCC(C)(C)NC(=O)[C@@H](c1cccnc1)N(C(=O)Cn1nnc2ccccc21)c1ccc(C)cc1C. The molecule has 0 aliphatic carbocycles. The van der Waals surface area contributed by atoms with Crippen molar-refractivity contribution in [2.75, 3.05) is 4.90 Å². The summed E-state index contributed by atoms with van der Waals surface area (Å²) in [5.74, 6) is -0.553. The Bertz CT molecular complexity index is 1380. The third-order valence-corrected chi connectivity index (χ3v) is 6.44. The molecule has 0 aliphatic heterocycles. The van der Waals surface area contributed by atoms with Crippen molar-refractivity contribution in [2.24, 2.45) is 0 Å². The number of carbonyl (C=O) groups is 2. The van der Waals surface area contributed by atoms with Crippen LogP contribution in [0.15, 0.2) is 67.0 Å². The van der Waals surface area contributed by atoms with E-state index >= 15 is 0 Å². The molecule has 8 heteroatoms. The molecule has 4 aromatic rings. The fourth-order valence-electron chi connectivity index (χ4n) is 4.18. The molecular formula is C28H32N6O2. The molecule has 0 bridgehead atoms. The molecule has 2 amide bonds. The lowest BCUT2D eigenvalue weighted by atomic mass is 9.98. The molecule has 8 nitrogen and oxygen atoms in total. The summed E-state index contributed by atoms with van der Waals surface area (Å²) in [6, 6.07) is 16.0. The molecule has 0 fully saturated rings. The molecule has 2 aromatic heterocycles. The zero-order valence-corrected chi connectivity index (χ0v) is 21.4. The quantitative estimate of drug-likeness (QED) is 0.397. The highest BCUT2D eigenvalue weighted by Crippen LogP contribution is 2.32. The molecule has 1 atom stereocenters. The van der Waals surface area contributed by atoms with Crippen LogP contribution in [0.2, 0.25) is 0 Å². The van der Waals surface area contributed by atoms with Crippen molar-refractivity contribution in [3.63, 3.8) is 0 Å². The van der Waals surface area contributed by atoms with Gasteiger partial charge in [0.2, 0.25) is 11.8 Å². The topological polar surface area (TPSA) is 93.0 Å². The standard InChI is InChI=1S/C28H32N6O2/c1-6-28(4,5)30-27(36)26(21-10-9-15-29-17-21)34(23-14-13-19(2)16-20(23)3)25(35)18-33-24-12-8-7-11-22(24)31-32-33/h7-17,26H,6,18H2,1-5H3,(H,30,36)/t26-/m1/s1. The summed E-state index contributed by atoms with van der Waals surface area (Å²) in [5, 5.41) is 11.5. The van der Waals surface area contributed by atoms with Gasteiger partial charge in [-0.15, -0.1) is 5.10 Å². The van der Waals surface area contributed by atoms with E-state index < -0.39 is 11.6 Å². The van der Waals surface area contributed by atoms with Crippen molar-refractivity contribution in [2.45, 2.75) is 59.2 Å². The molecule has 2 heterocycles. The number of aryl methyl sites for hydroxylation is 2. The first-order chi connectivity index (χ1) is 17.2. The minimum atomic E-state index is -0.923. The number of benzene rings is 2. The Morgan fingerprint density at radius 2 is 1.86 bits per heavy atom. The van der Waals surface area contributed by atoms with Crippen molar-refractivity contribution in [3.05, 3.63) is 83.7 Å². The lowest BCUT2D eigenvalue weighted by Crippen LogP contribution is -2.51. The van der Waals surface area contributed by atoms with E-state index in [0.717, 1.165) is 23.1 Å². The first-order valence-electron chi connectivity index (χ1n) is 12.1. The molecule has 0 saturated heterocycles. The number of anilines is 1. The van der Waals surface area contributed by atoms with E-state index in [1.165, 1.54) is 0 Å². The van der Waals surface area contributed by atoms with Gasteiger partial charge in [-0.25, -0.2) is 4.68 Å². The van der Waals surface area contributed by atoms with Gasteiger partial charge in [0.25, 0.3) is 0 Å². The third kappa shape index (κ3) is 5.27. The fourth-order valence-corrected chi connectivity index (χ4v) is 4.18. The van der Waals surface area contributed by atoms with Crippen molar-refractivity contribution in [1.29, 1.82) is 0 Å². The van der Waals surface area contributed by atoms with Gasteiger partial charge >= 0.3 is 0 Å². The summed E-state index contributed by atoms with van der Waals surface area (Å²) in [6.07, 6.45) is 4.03. The van der Waals surface area contributed by atoms with Crippen LogP contribution in [0.1, 0.15) is 49.9 Å². The molecule has 0 saturated carbocycles. The monoisotopic (exact) mass is 484 g/mol. The Morgan fingerprint density at radius 3 is 2.56 bits per heavy atom. The average Bonchev–Trinajstić information content (AvgIpc) is 3.26. The van der Waals surface area contributed by atoms with E-state index in [1.54, 1.807) is 28.0 Å². The van der Waals surface area contributed by atoms with Crippen molar-refractivity contribution < 1.29 is 9.59 Å². The van der Waals surface area contributed by atoms with Gasteiger partial charge in [0.1, 0.15) is 18.1 Å². The molecular weight excluding hydrogens is 452 g/mol. The third-order valence-electron chi connectivity index (χ3n) is 6.44. The van der Waals surface area contributed by atoms with Crippen LogP contribution in [0.3, 0.4) is 0 Å². The normalized spacial score (nSPS) is 12.4. The highest BCUT2D eigenvalue weighted by atomic mass is 16.2. The van der Waals surface area contributed by atoms with Crippen LogP contribution in [0, 0.1) is 13.8 Å². The van der Waals surface area contributed by atoms with E-state index in [4.69, 9.17) is 0 Å². The molecule has 1 N–H and O–H groups in total. The van der Waals surface area contributed by atoms with Crippen LogP contribution < -0.4 is 10.2 Å². The first-order valence-corrected chi connectivity index (χ1v) is 12.1. The predicted molar refractivity (Wildman–Crippen MR) is 140 cm³/mol. The minimum Gasteiger partial charge on any atom is -0.349 e. The summed E-state index contributed by atoms with van der Waals surface area (Å²) in [7, 11) is 0. The van der Waals surface area contributed by atoms with Crippen LogP contribution in [0.5, 0.6) is 0 Å². The summed E-state index contributed by atoms with van der Waals surface area (Å²) < 4.78 is 1.57. The maximum absolute atomic E-state index is 14.1. The van der Waals surface area contributed by atoms with Gasteiger partial charge in [-0.3, -0.25) is 19.5 Å². The van der Waals surface area contributed by atoms with Gasteiger partial charge in [0, 0.05) is 29.2 Å². The zero-order valence-electron chi connectivity index (χ0n) is 21.4. The second kappa shape index (κ2) is 10.3. The molecule has 0 aliphatic rings. The number of rotatable bonds is 8. The molecule has 4 rings (SSSR count).